The molecule has 1 atom stereocenters. The lowest BCUT2D eigenvalue weighted by molar-refractivity contribution is -0.129. The molecule has 1 saturated heterocycles. The number of aliphatic hydroxyl groups is 1. The van der Waals surface area contributed by atoms with E-state index in [1.165, 1.54) is 30.0 Å². The van der Waals surface area contributed by atoms with Crippen LogP contribution in [0.1, 0.15) is 55.3 Å². The summed E-state index contributed by atoms with van der Waals surface area (Å²) in [5.41, 5.74) is -0.143. The highest BCUT2D eigenvalue weighted by Crippen LogP contribution is 2.34. The van der Waals surface area contributed by atoms with Crippen molar-refractivity contribution in [2.24, 2.45) is 7.05 Å². The average Bonchev–Trinajstić information content (AvgIpc) is 2.86. The molecule has 0 aliphatic carbocycles. The fourth-order valence-corrected chi connectivity index (χ4v) is 4.74. The normalized spacial score (nSPS) is 15.8. The average molecular weight is 504 g/mol. The van der Waals surface area contributed by atoms with Crippen LogP contribution in [0, 0.1) is 5.82 Å². The molecule has 0 radical (unpaired) electrons. The number of aryl methyl sites for hydroxylation is 1. The summed E-state index contributed by atoms with van der Waals surface area (Å²) < 4.78 is 44.5. The Hall–Kier alpha value is -3.47. The zero-order chi connectivity index (χ0) is 26.2. The van der Waals surface area contributed by atoms with Crippen molar-refractivity contribution in [1.29, 1.82) is 0 Å². The van der Waals surface area contributed by atoms with Crippen molar-refractivity contribution >= 4 is 22.8 Å². The predicted octanol–water partition coefficient (Wildman–Crippen LogP) is 3.45. The van der Waals surface area contributed by atoms with Crippen LogP contribution in [0.2, 0.25) is 0 Å². The Labute approximate surface area is 205 Å². The van der Waals surface area contributed by atoms with E-state index < -0.39 is 30.0 Å². The molecule has 1 amide bonds. The van der Waals surface area contributed by atoms with Crippen molar-refractivity contribution < 1.29 is 23.1 Å². The first kappa shape index (κ1) is 25.6. The van der Waals surface area contributed by atoms with Gasteiger partial charge in [0.2, 0.25) is 5.91 Å². The molecule has 0 unspecified atom stereocenters. The van der Waals surface area contributed by atoms with E-state index in [9.17, 15) is 22.8 Å². The third kappa shape index (κ3) is 4.67. The number of alkyl halides is 2. The fourth-order valence-electron chi connectivity index (χ4n) is 4.74. The van der Waals surface area contributed by atoms with Crippen molar-refractivity contribution in [3.8, 4) is 0 Å². The lowest BCUT2D eigenvalue weighted by Gasteiger charge is -2.31. The Morgan fingerprint density at radius 2 is 1.97 bits per heavy atom. The second kappa shape index (κ2) is 9.88. The number of benzene rings is 1. The highest BCUT2D eigenvalue weighted by atomic mass is 19.3. The van der Waals surface area contributed by atoms with Crippen LogP contribution in [-0.4, -0.2) is 50.1 Å². The number of carbonyl (C=O) groups excluding carboxylic acids is 1. The zero-order valence-electron chi connectivity index (χ0n) is 20.3. The molecule has 1 fully saturated rings. The molecule has 1 aliphatic rings. The minimum absolute atomic E-state index is 0.00166. The van der Waals surface area contributed by atoms with Gasteiger partial charge >= 0.3 is 0 Å². The van der Waals surface area contributed by atoms with E-state index >= 15 is 0 Å². The number of hydrogen-bond acceptors (Lipinski definition) is 6. The number of likely N-dealkylation sites (tertiary alicyclic amines) is 1. The highest BCUT2D eigenvalue weighted by Gasteiger charge is 2.35. The SMILES string of the molecule is CC(=O)N1CCC(c2cc3c(N[C@H](C)c4cccc(C(F)(F)CO)c4F)ncnc3n(C)c2=O)CC1. The lowest BCUT2D eigenvalue weighted by atomic mass is 9.89. The molecule has 0 bridgehead atoms. The molecular weight excluding hydrogens is 475 g/mol. The van der Waals surface area contributed by atoms with Crippen LogP contribution in [0.3, 0.4) is 0 Å². The van der Waals surface area contributed by atoms with Gasteiger partial charge in [0.25, 0.3) is 11.5 Å². The number of rotatable bonds is 6. The number of hydrogen-bond donors (Lipinski definition) is 2. The number of aromatic nitrogens is 3. The summed E-state index contributed by atoms with van der Waals surface area (Å²) in [6.45, 7) is 2.74. The van der Waals surface area contributed by atoms with Crippen LogP contribution in [-0.2, 0) is 17.8 Å². The molecule has 3 heterocycles. The van der Waals surface area contributed by atoms with E-state index in [4.69, 9.17) is 5.11 Å². The van der Waals surface area contributed by atoms with Crippen molar-refractivity contribution in [3.63, 3.8) is 0 Å². The van der Waals surface area contributed by atoms with E-state index in [0.717, 1.165) is 6.07 Å². The van der Waals surface area contributed by atoms with Gasteiger partial charge in [0.1, 0.15) is 30.2 Å². The zero-order valence-corrected chi connectivity index (χ0v) is 20.3. The summed E-state index contributed by atoms with van der Waals surface area (Å²) in [7, 11) is 1.61. The van der Waals surface area contributed by atoms with E-state index in [1.807, 2.05) is 0 Å². The topological polar surface area (TPSA) is 100 Å². The molecule has 1 aromatic carbocycles. The van der Waals surface area contributed by atoms with Crippen molar-refractivity contribution in [3.05, 3.63) is 63.5 Å². The second-order valence-corrected chi connectivity index (χ2v) is 9.14. The molecular formula is C25H28F3N5O3. The Kier molecular flexibility index (Phi) is 7.03. The summed E-state index contributed by atoms with van der Waals surface area (Å²) in [4.78, 5) is 35.1. The smallest absolute Gasteiger partial charge is 0.298 e. The minimum atomic E-state index is -3.72. The highest BCUT2D eigenvalue weighted by molar-refractivity contribution is 5.87. The van der Waals surface area contributed by atoms with Gasteiger partial charge in [-0.3, -0.25) is 14.2 Å². The standard InChI is InChI=1S/C25H28F3N5O3/c1-14(17-5-4-6-20(21(17)26)25(27,28)12-34)31-22-19-11-18(16-7-9-33(10-8-16)15(2)35)24(36)32(3)23(19)30-13-29-22/h4-6,11,13-14,16,34H,7-10,12H2,1-3H3,(H,29,30,31)/t14-/m1/s1. The van der Waals surface area contributed by atoms with Crippen molar-refractivity contribution in [1.82, 2.24) is 19.4 Å². The number of pyridine rings is 1. The molecule has 192 valence electrons. The van der Waals surface area contributed by atoms with Crippen LogP contribution in [0.25, 0.3) is 11.0 Å². The van der Waals surface area contributed by atoms with E-state index in [0.29, 0.717) is 48.3 Å². The molecule has 0 spiro atoms. The maximum atomic E-state index is 15.0. The molecule has 1 aliphatic heterocycles. The predicted molar refractivity (Wildman–Crippen MR) is 128 cm³/mol. The lowest BCUT2D eigenvalue weighted by Crippen LogP contribution is -2.38. The first-order valence-electron chi connectivity index (χ1n) is 11.7. The van der Waals surface area contributed by atoms with Gasteiger partial charge in [-0.15, -0.1) is 0 Å². The third-order valence-electron chi connectivity index (χ3n) is 6.85. The molecule has 2 N–H and O–H groups in total. The van der Waals surface area contributed by atoms with E-state index in [2.05, 4.69) is 15.3 Å². The quantitative estimate of drug-likeness (QED) is 0.535. The molecule has 0 saturated carbocycles. The van der Waals surface area contributed by atoms with Crippen LogP contribution < -0.4 is 10.9 Å². The molecule has 11 heteroatoms. The number of halogens is 3. The Bertz CT molecular complexity index is 1350. The molecule has 8 nitrogen and oxygen atoms in total. The number of carbonyl (C=O) groups is 1. The van der Waals surface area contributed by atoms with E-state index in [1.54, 1.807) is 24.9 Å². The summed E-state index contributed by atoms with van der Waals surface area (Å²) in [5.74, 6) is -4.55. The van der Waals surface area contributed by atoms with Gasteiger partial charge < -0.3 is 15.3 Å². The van der Waals surface area contributed by atoms with Crippen molar-refractivity contribution in [2.45, 2.75) is 44.6 Å². The Balaban J connectivity index is 1.70. The third-order valence-corrected chi connectivity index (χ3v) is 6.85. The van der Waals surface area contributed by atoms with Gasteiger partial charge in [-0.1, -0.05) is 12.1 Å². The van der Waals surface area contributed by atoms with Crippen LogP contribution in [0.5, 0.6) is 0 Å². The Morgan fingerprint density at radius 1 is 1.28 bits per heavy atom. The van der Waals surface area contributed by atoms with Gasteiger partial charge in [0, 0.05) is 38.2 Å². The Morgan fingerprint density at radius 3 is 2.61 bits per heavy atom. The summed E-state index contributed by atoms with van der Waals surface area (Å²) >= 11 is 0. The van der Waals surface area contributed by atoms with Gasteiger partial charge in [0.15, 0.2) is 0 Å². The van der Waals surface area contributed by atoms with E-state index in [-0.39, 0.29) is 22.9 Å². The first-order valence-corrected chi connectivity index (χ1v) is 11.7. The van der Waals surface area contributed by atoms with Crippen LogP contribution in [0.15, 0.2) is 35.4 Å². The monoisotopic (exact) mass is 503 g/mol. The maximum Gasteiger partial charge on any atom is 0.298 e. The van der Waals surface area contributed by atoms with Gasteiger partial charge in [-0.25, -0.2) is 14.4 Å². The second-order valence-electron chi connectivity index (χ2n) is 9.14. The van der Waals surface area contributed by atoms with Crippen molar-refractivity contribution in [2.75, 3.05) is 25.0 Å². The van der Waals surface area contributed by atoms with Crippen LogP contribution in [0.4, 0.5) is 19.0 Å². The number of nitrogens with zero attached hydrogens (tertiary/aromatic N) is 4. The fraction of sp³-hybridized carbons (Fsp3) is 0.440. The number of anilines is 1. The number of fused-ring (bicyclic) bond motifs is 1. The summed E-state index contributed by atoms with van der Waals surface area (Å²) in [5, 5.41) is 12.6. The first-order chi connectivity index (χ1) is 17.0. The van der Waals surface area contributed by atoms with Gasteiger partial charge in [-0.2, -0.15) is 8.78 Å². The molecule has 4 rings (SSSR count). The van der Waals surface area contributed by atoms with Crippen LogP contribution >= 0.6 is 0 Å². The number of amides is 1. The van der Waals surface area contributed by atoms with Gasteiger partial charge in [-0.05, 0) is 37.8 Å². The molecule has 36 heavy (non-hydrogen) atoms. The molecule has 3 aromatic rings. The molecule has 2 aromatic heterocycles. The summed E-state index contributed by atoms with van der Waals surface area (Å²) in [6.07, 6.45) is 2.56. The maximum absolute atomic E-state index is 15.0. The number of piperidine rings is 1. The largest absolute Gasteiger partial charge is 0.390 e. The van der Waals surface area contributed by atoms with Gasteiger partial charge in [0.05, 0.1) is 17.0 Å². The number of aliphatic hydroxyl groups excluding tert-OH is 1. The number of nitrogens with one attached hydrogen (secondary N) is 1. The minimum Gasteiger partial charge on any atom is -0.390 e. The summed E-state index contributed by atoms with van der Waals surface area (Å²) in [6, 6.07) is 4.60.